The first-order valence-corrected chi connectivity index (χ1v) is 8.82. The minimum absolute atomic E-state index is 0. The zero-order valence-electron chi connectivity index (χ0n) is 13.2. The molecule has 0 atom stereocenters. The van der Waals surface area contributed by atoms with Gasteiger partial charge in [0.2, 0.25) is 0 Å². The number of rotatable bonds is 5. The van der Waals surface area contributed by atoms with Crippen LogP contribution in [0.15, 0.2) is 17.0 Å². The average molecular weight is 482 g/mol. The van der Waals surface area contributed by atoms with Crippen molar-refractivity contribution < 1.29 is 88.5 Å². The third-order valence-corrected chi connectivity index (χ3v) is 5.83. The van der Waals surface area contributed by atoms with Crippen LogP contribution in [0.4, 0.5) is 48.3 Å². The van der Waals surface area contributed by atoms with E-state index >= 15 is 0 Å². The molecule has 0 aliphatic carbocycles. The SMILES string of the molecule is O=S(=O)([O-])C(F)(F)C(F)(F)S(=O)(=O)c1cc(F)c(C(F)(F)C(F)(F)F)cc1F.[Li+]. The van der Waals surface area contributed by atoms with Gasteiger partial charge in [-0.15, -0.1) is 0 Å². The zero-order chi connectivity index (χ0) is 22.7. The van der Waals surface area contributed by atoms with Crippen LogP contribution in [0.25, 0.3) is 0 Å². The molecule has 0 amide bonds. The maximum atomic E-state index is 13.6. The molecule has 0 aliphatic rings. The van der Waals surface area contributed by atoms with Crippen molar-refractivity contribution in [2.75, 3.05) is 0 Å². The molecule has 0 spiro atoms. The topological polar surface area (TPSA) is 91.3 Å². The Balaban J connectivity index is 0.00000784. The van der Waals surface area contributed by atoms with Crippen molar-refractivity contribution in [3.63, 3.8) is 0 Å². The zero-order valence-corrected chi connectivity index (χ0v) is 14.8. The maximum absolute atomic E-state index is 13.6. The summed E-state index contributed by atoms with van der Waals surface area (Å²) >= 11 is 0. The van der Waals surface area contributed by atoms with Crippen LogP contribution in [-0.4, -0.2) is 38.1 Å². The van der Waals surface area contributed by atoms with Gasteiger partial charge in [0.1, 0.15) is 16.5 Å². The fourth-order valence-corrected chi connectivity index (χ4v) is 3.66. The van der Waals surface area contributed by atoms with Gasteiger partial charge in [-0.05, 0) is 12.1 Å². The Morgan fingerprint density at radius 1 is 0.724 bits per heavy atom. The van der Waals surface area contributed by atoms with Gasteiger partial charge in [0.05, 0.1) is 5.56 Å². The van der Waals surface area contributed by atoms with Crippen molar-refractivity contribution in [1.82, 2.24) is 0 Å². The Bertz CT molecular complexity index is 1000. The molecule has 0 radical (unpaired) electrons. The van der Waals surface area contributed by atoms with Crippen LogP contribution >= 0.6 is 0 Å². The Labute approximate surface area is 165 Å². The van der Waals surface area contributed by atoms with Crippen LogP contribution in [0.3, 0.4) is 0 Å². The molecule has 0 saturated carbocycles. The molecule has 0 bridgehead atoms. The van der Waals surface area contributed by atoms with Crippen molar-refractivity contribution in [3.8, 4) is 0 Å². The molecule has 29 heavy (non-hydrogen) atoms. The second-order valence-electron chi connectivity index (χ2n) is 4.83. The maximum Gasteiger partial charge on any atom is 1.00 e. The molecular weight excluding hydrogens is 480 g/mol. The Morgan fingerprint density at radius 3 is 1.48 bits per heavy atom. The molecule has 0 saturated heterocycles. The minimum atomic E-state index is -7.42. The Kier molecular flexibility index (Phi) is 7.27. The summed E-state index contributed by atoms with van der Waals surface area (Å²) < 4.78 is 196. The fourth-order valence-electron chi connectivity index (χ4n) is 1.57. The quantitative estimate of drug-likeness (QED) is 0.338. The predicted octanol–water partition coefficient (Wildman–Crippen LogP) is 0.127. The third kappa shape index (κ3) is 4.22. The summed E-state index contributed by atoms with van der Waals surface area (Å²) in [5.74, 6) is -12.1. The van der Waals surface area contributed by atoms with E-state index in [-0.39, 0.29) is 18.9 Å². The van der Waals surface area contributed by atoms with Gasteiger partial charge < -0.3 is 4.55 Å². The number of hydrogen-bond acceptors (Lipinski definition) is 5. The fraction of sp³-hybridized carbons (Fsp3) is 0.400. The molecule has 19 heteroatoms. The van der Waals surface area contributed by atoms with E-state index in [0.717, 1.165) is 0 Å². The van der Waals surface area contributed by atoms with E-state index in [0.29, 0.717) is 0 Å². The first kappa shape index (κ1) is 27.9. The normalized spacial score (nSPS) is 14.5. The van der Waals surface area contributed by atoms with Gasteiger partial charge in [0.15, 0.2) is 10.1 Å². The summed E-state index contributed by atoms with van der Waals surface area (Å²) in [6.07, 6.45) is -6.56. The molecule has 0 aliphatic heterocycles. The van der Waals surface area contributed by atoms with Gasteiger partial charge in [-0.2, -0.15) is 39.5 Å². The van der Waals surface area contributed by atoms with Crippen molar-refractivity contribution in [2.45, 2.75) is 27.5 Å². The standard InChI is InChI=1S/C10H3F11O5S2.Li/c11-4-2-6(5(12)1-3(4)7(13,14)8(15,16)17)27(22,23)9(18,19)10(20,21)28(24,25)26;/h1-2H,(H,24,25,26);/q;+1/p-1. The van der Waals surface area contributed by atoms with Crippen LogP contribution in [0.2, 0.25) is 0 Å². The molecule has 0 N–H and O–H groups in total. The van der Waals surface area contributed by atoms with E-state index in [1.165, 1.54) is 0 Å². The first-order chi connectivity index (χ1) is 12.0. The summed E-state index contributed by atoms with van der Waals surface area (Å²) in [5.41, 5.74) is -2.89. The van der Waals surface area contributed by atoms with Crippen LogP contribution in [0, 0.1) is 11.6 Å². The number of benzene rings is 1. The van der Waals surface area contributed by atoms with E-state index in [2.05, 4.69) is 0 Å². The van der Waals surface area contributed by atoms with Crippen LogP contribution < -0.4 is 18.9 Å². The number of sulfone groups is 1. The predicted molar refractivity (Wildman–Crippen MR) is 63.1 cm³/mol. The van der Waals surface area contributed by atoms with Gasteiger partial charge >= 0.3 is 41.5 Å². The van der Waals surface area contributed by atoms with Crippen molar-refractivity contribution in [3.05, 3.63) is 29.3 Å². The summed E-state index contributed by atoms with van der Waals surface area (Å²) in [6.45, 7) is 0. The number of hydrogen-bond donors (Lipinski definition) is 0. The second-order valence-corrected chi connectivity index (χ2v) is 8.21. The molecule has 0 aromatic heterocycles. The van der Waals surface area contributed by atoms with Gasteiger partial charge in [0, 0.05) is 0 Å². The number of halogens is 11. The van der Waals surface area contributed by atoms with Crippen molar-refractivity contribution >= 4 is 20.0 Å². The monoisotopic (exact) mass is 482 g/mol. The smallest absolute Gasteiger partial charge is 0.743 e. The molecule has 0 heterocycles. The molecular formula is C10H2F11LiO5S2. The second kappa shape index (κ2) is 7.55. The van der Waals surface area contributed by atoms with Gasteiger partial charge in [-0.25, -0.2) is 25.6 Å². The summed E-state index contributed by atoms with van der Waals surface area (Å²) in [4.78, 5) is -2.90. The minimum Gasteiger partial charge on any atom is -0.743 e. The first-order valence-electron chi connectivity index (χ1n) is 5.93. The molecule has 1 aromatic rings. The van der Waals surface area contributed by atoms with Crippen molar-refractivity contribution in [1.29, 1.82) is 0 Å². The molecule has 1 aromatic carbocycles. The summed E-state index contributed by atoms with van der Waals surface area (Å²) in [7, 11) is -14.8. The van der Waals surface area contributed by atoms with Gasteiger partial charge in [-0.3, -0.25) is 0 Å². The van der Waals surface area contributed by atoms with Crippen LogP contribution in [-0.2, 0) is 25.9 Å². The van der Waals surface area contributed by atoms with E-state index in [9.17, 15) is 69.7 Å². The molecule has 0 unspecified atom stereocenters. The Hall–Kier alpha value is -1.09. The molecule has 5 nitrogen and oxygen atoms in total. The largest absolute Gasteiger partial charge is 1.00 e. The average Bonchev–Trinajstić information content (AvgIpc) is 2.46. The van der Waals surface area contributed by atoms with E-state index in [1.54, 1.807) is 0 Å². The molecule has 1 rings (SSSR count). The molecule has 162 valence electrons. The Morgan fingerprint density at radius 2 is 1.14 bits per heavy atom. The summed E-state index contributed by atoms with van der Waals surface area (Å²) in [6, 6.07) is -2.43. The molecule has 0 fully saturated rings. The van der Waals surface area contributed by atoms with Crippen molar-refractivity contribution in [2.24, 2.45) is 0 Å². The van der Waals surface area contributed by atoms with Crippen LogP contribution in [0.1, 0.15) is 5.56 Å². The van der Waals surface area contributed by atoms with Gasteiger partial charge in [0.25, 0.3) is 9.84 Å². The number of alkyl halides is 9. The third-order valence-electron chi connectivity index (χ3n) is 3.00. The van der Waals surface area contributed by atoms with E-state index < -0.39 is 76.8 Å². The summed E-state index contributed by atoms with van der Waals surface area (Å²) in [5, 5.41) is -13.9. The van der Waals surface area contributed by atoms with E-state index in [4.69, 9.17) is 0 Å². The van der Waals surface area contributed by atoms with Crippen LogP contribution in [0.5, 0.6) is 0 Å². The van der Waals surface area contributed by atoms with E-state index in [1.807, 2.05) is 0 Å². The van der Waals surface area contributed by atoms with Gasteiger partial charge in [-0.1, -0.05) is 0 Å².